The predicted molar refractivity (Wildman–Crippen MR) is 83.5 cm³/mol. The van der Waals surface area contributed by atoms with Gasteiger partial charge in [0.15, 0.2) is 0 Å². The van der Waals surface area contributed by atoms with Crippen LogP contribution < -0.4 is 0 Å². The summed E-state index contributed by atoms with van der Waals surface area (Å²) in [5, 5.41) is 0. The highest BCUT2D eigenvalue weighted by molar-refractivity contribution is 7.80. The maximum atomic E-state index is 4.73. The highest BCUT2D eigenvalue weighted by Gasteiger charge is 2.37. The number of hydrogen-bond acceptors (Lipinski definition) is 2. The van der Waals surface area contributed by atoms with Crippen molar-refractivity contribution in [3.63, 3.8) is 0 Å². The summed E-state index contributed by atoms with van der Waals surface area (Å²) in [5.41, 5.74) is 0.519. The molecule has 0 bridgehead atoms. The monoisotopic (exact) mass is 269 g/mol. The van der Waals surface area contributed by atoms with Crippen molar-refractivity contribution >= 4 is 12.6 Å². The summed E-state index contributed by atoms with van der Waals surface area (Å²) < 4.78 is 0. The first-order valence-electron chi connectivity index (χ1n) is 8.07. The van der Waals surface area contributed by atoms with Crippen molar-refractivity contribution < 1.29 is 0 Å². The van der Waals surface area contributed by atoms with Crippen LogP contribution in [0, 0.1) is 5.41 Å². The summed E-state index contributed by atoms with van der Waals surface area (Å²) in [4.78, 5) is 2.82. The SMILES string of the molecule is CCC1CCC(C)N1CC1(CS)CCCCCC1. The van der Waals surface area contributed by atoms with Gasteiger partial charge in [0, 0.05) is 18.6 Å². The van der Waals surface area contributed by atoms with Gasteiger partial charge < -0.3 is 0 Å². The van der Waals surface area contributed by atoms with E-state index in [0.717, 1.165) is 17.8 Å². The highest BCUT2D eigenvalue weighted by atomic mass is 32.1. The first-order chi connectivity index (χ1) is 8.71. The Balaban J connectivity index is 2.03. The number of thiol groups is 1. The standard InChI is InChI=1S/C16H31NS/c1-3-15-9-8-14(2)17(15)12-16(13-18)10-6-4-5-7-11-16/h14-15,18H,3-13H2,1-2H3. The lowest BCUT2D eigenvalue weighted by molar-refractivity contribution is 0.109. The van der Waals surface area contributed by atoms with E-state index in [0.29, 0.717) is 5.41 Å². The second-order valence-electron chi connectivity index (χ2n) is 6.73. The minimum Gasteiger partial charge on any atom is -0.297 e. The van der Waals surface area contributed by atoms with E-state index in [-0.39, 0.29) is 0 Å². The van der Waals surface area contributed by atoms with Crippen LogP contribution in [-0.2, 0) is 0 Å². The lowest BCUT2D eigenvalue weighted by Crippen LogP contribution is -2.44. The van der Waals surface area contributed by atoms with E-state index in [9.17, 15) is 0 Å². The summed E-state index contributed by atoms with van der Waals surface area (Å²) in [6.45, 7) is 6.10. The summed E-state index contributed by atoms with van der Waals surface area (Å²) in [6, 6.07) is 1.65. The van der Waals surface area contributed by atoms with Gasteiger partial charge in [-0.25, -0.2) is 0 Å². The van der Waals surface area contributed by atoms with E-state index in [1.54, 1.807) is 0 Å². The maximum Gasteiger partial charge on any atom is 0.00962 e. The van der Waals surface area contributed by atoms with Crippen LogP contribution in [0.1, 0.15) is 71.6 Å². The second-order valence-corrected chi connectivity index (χ2v) is 7.05. The van der Waals surface area contributed by atoms with Crippen LogP contribution in [0.5, 0.6) is 0 Å². The third kappa shape index (κ3) is 3.25. The fourth-order valence-electron chi connectivity index (χ4n) is 4.08. The Morgan fingerprint density at radius 2 is 1.78 bits per heavy atom. The molecule has 2 fully saturated rings. The summed E-state index contributed by atoms with van der Waals surface area (Å²) in [5.74, 6) is 1.09. The van der Waals surface area contributed by atoms with E-state index in [1.807, 2.05) is 0 Å². The molecule has 0 amide bonds. The average Bonchev–Trinajstić information content (AvgIpc) is 2.61. The first-order valence-corrected chi connectivity index (χ1v) is 8.70. The number of hydrogen-bond donors (Lipinski definition) is 1. The molecule has 1 saturated carbocycles. The predicted octanol–water partition coefficient (Wildman–Crippen LogP) is 4.52. The van der Waals surface area contributed by atoms with Crippen LogP contribution in [0.25, 0.3) is 0 Å². The van der Waals surface area contributed by atoms with Crippen LogP contribution >= 0.6 is 12.6 Å². The summed E-state index contributed by atoms with van der Waals surface area (Å²) >= 11 is 4.73. The van der Waals surface area contributed by atoms with Crippen LogP contribution in [0.4, 0.5) is 0 Å². The highest BCUT2D eigenvalue weighted by Crippen LogP contribution is 2.39. The molecule has 0 aromatic rings. The zero-order valence-electron chi connectivity index (χ0n) is 12.3. The molecule has 0 radical (unpaired) electrons. The minimum atomic E-state index is 0.519. The molecule has 1 nitrogen and oxygen atoms in total. The fourth-order valence-corrected chi connectivity index (χ4v) is 4.50. The van der Waals surface area contributed by atoms with Gasteiger partial charge in [-0.3, -0.25) is 4.90 Å². The molecule has 1 aliphatic heterocycles. The molecule has 1 heterocycles. The molecule has 1 aliphatic carbocycles. The van der Waals surface area contributed by atoms with Gasteiger partial charge in [-0.2, -0.15) is 12.6 Å². The van der Waals surface area contributed by atoms with E-state index in [2.05, 4.69) is 18.7 Å². The molecule has 2 rings (SSSR count). The fraction of sp³-hybridized carbons (Fsp3) is 1.00. The Kier molecular flexibility index (Phi) is 5.44. The van der Waals surface area contributed by atoms with Gasteiger partial charge in [0.25, 0.3) is 0 Å². The van der Waals surface area contributed by atoms with Crippen LogP contribution in [0.3, 0.4) is 0 Å². The maximum absolute atomic E-state index is 4.73. The molecular formula is C16H31NS. The molecule has 0 N–H and O–H groups in total. The van der Waals surface area contributed by atoms with Crippen LogP contribution in [0.15, 0.2) is 0 Å². The topological polar surface area (TPSA) is 3.24 Å². The van der Waals surface area contributed by atoms with Crippen molar-refractivity contribution in [2.24, 2.45) is 5.41 Å². The number of rotatable bonds is 4. The largest absolute Gasteiger partial charge is 0.297 e. The van der Waals surface area contributed by atoms with Gasteiger partial charge in [0.05, 0.1) is 0 Å². The normalized spacial score (nSPS) is 33.5. The summed E-state index contributed by atoms with van der Waals surface area (Å²) in [7, 11) is 0. The molecule has 1 saturated heterocycles. The van der Waals surface area contributed by atoms with Gasteiger partial charge in [-0.15, -0.1) is 0 Å². The van der Waals surface area contributed by atoms with Gasteiger partial charge >= 0.3 is 0 Å². The van der Waals surface area contributed by atoms with Crippen LogP contribution in [0.2, 0.25) is 0 Å². The van der Waals surface area contributed by atoms with Crippen molar-refractivity contribution in [3.8, 4) is 0 Å². The molecule has 106 valence electrons. The molecule has 18 heavy (non-hydrogen) atoms. The average molecular weight is 269 g/mol. The Hall–Kier alpha value is 0.310. The second kappa shape index (κ2) is 6.65. The zero-order chi connectivity index (χ0) is 13.0. The molecule has 2 aliphatic rings. The van der Waals surface area contributed by atoms with E-state index in [4.69, 9.17) is 12.6 Å². The lowest BCUT2D eigenvalue weighted by Gasteiger charge is -2.39. The molecule has 0 spiro atoms. The molecule has 0 aromatic carbocycles. The number of likely N-dealkylation sites (tertiary alicyclic amines) is 1. The summed E-state index contributed by atoms with van der Waals surface area (Å²) in [6.07, 6.45) is 12.7. The smallest absolute Gasteiger partial charge is 0.00962 e. The first kappa shape index (κ1) is 14.7. The third-order valence-corrected chi connectivity index (χ3v) is 6.11. The molecular weight excluding hydrogens is 238 g/mol. The Morgan fingerprint density at radius 3 is 2.33 bits per heavy atom. The van der Waals surface area contributed by atoms with Crippen molar-refractivity contribution in [1.82, 2.24) is 4.90 Å². The lowest BCUT2D eigenvalue weighted by atomic mass is 9.81. The van der Waals surface area contributed by atoms with E-state index >= 15 is 0 Å². The molecule has 0 aromatic heterocycles. The van der Waals surface area contributed by atoms with Gasteiger partial charge in [0.2, 0.25) is 0 Å². The third-order valence-electron chi connectivity index (χ3n) is 5.44. The van der Waals surface area contributed by atoms with E-state index in [1.165, 1.54) is 64.3 Å². The van der Waals surface area contributed by atoms with Crippen molar-refractivity contribution in [1.29, 1.82) is 0 Å². The Morgan fingerprint density at radius 1 is 1.11 bits per heavy atom. The minimum absolute atomic E-state index is 0.519. The van der Waals surface area contributed by atoms with Gasteiger partial charge in [-0.1, -0.05) is 32.6 Å². The molecule has 2 unspecified atom stereocenters. The van der Waals surface area contributed by atoms with Crippen molar-refractivity contribution in [2.75, 3.05) is 12.3 Å². The van der Waals surface area contributed by atoms with Gasteiger partial charge in [0.1, 0.15) is 0 Å². The molecule has 2 atom stereocenters. The van der Waals surface area contributed by atoms with Crippen molar-refractivity contribution in [2.45, 2.75) is 83.7 Å². The van der Waals surface area contributed by atoms with Crippen LogP contribution in [-0.4, -0.2) is 29.3 Å². The van der Waals surface area contributed by atoms with Crippen molar-refractivity contribution in [3.05, 3.63) is 0 Å². The Bertz CT molecular complexity index is 245. The Labute approximate surface area is 119 Å². The van der Waals surface area contributed by atoms with Gasteiger partial charge in [-0.05, 0) is 50.2 Å². The number of nitrogens with zero attached hydrogens (tertiary/aromatic N) is 1. The van der Waals surface area contributed by atoms with E-state index < -0.39 is 0 Å². The quantitative estimate of drug-likeness (QED) is 0.580. The molecule has 2 heteroatoms. The zero-order valence-corrected chi connectivity index (χ0v) is 13.2.